The maximum Gasteiger partial charge on any atom is 0.326 e. The van der Waals surface area contributed by atoms with Crippen molar-refractivity contribution in [2.45, 2.75) is 31.3 Å². The van der Waals surface area contributed by atoms with Crippen molar-refractivity contribution in [1.29, 1.82) is 0 Å². The van der Waals surface area contributed by atoms with Crippen LogP contribution in [-0.2, 0) is 16.0 Å². The molecule has 0 aliphatic heterocycles. The van der Waals surface area contributed by atoms with Gasteiger partial charge in [-0.1, -0.05) is 18.2 Å². The van der Waals surface area contributed by atoms with Gasteiger partial charge >= 0.3 is 5.97 Å². The molecular weight excluding hydrogens is 336 g/mol. The Kier molecular flexibility index (Phi) is 6.56. The second kappa shape index (κ2) is 8.86. The van der Waals surface area contributed by atoms with Crippen molar-refractivity contribution in [2.24, 2.45) is 22.2 Å². The van der Waals surface area contributed by atoms with Gasteiger partial charge in [0.25, 0.3) is 0 Å². The molecule has 0 radical (unpaired) electrons. The van der Waals surface area contributed by atoms with Crippen LogP contribution >= 0.6 is 0 Å². The SMILES string of the molecule is NC(N)=NCCCC(N)C(=O)NC(Cc1c[nH]c2ccccc12)C(=O)O. The quantitative estimate of drug-likeness (QED) is 0.203. The zero-order valence-electron chi connectivity index (χ0n) is 14.3. The molecule has 2 unspecified atom stereocenters. The molecule has 9 heteroatoms. The van der Waals surface area contributed by atoms with Gasteiger partial charge in [-0.15, -0.1) is 0 Å². The Bertz CT molecular complexity index is 797. The molecule has 1 aromatic carbocycles. The average Bonchev–Trinajstić information content (AvgIpc) is 3.00. The van der Waals surface area contributed by atoms with Gasteiger partial charge in [0.2, 0.25) is 5.91 Å². The first-order valence-corrected chi connectivity index (χ1v) is 8.27. The van der Waals surface area contributed by atoms with Gasteiger partial charge in [0.1, 0.15) is 6.04 Å². The van der Waals surface area contributed by atoms with Crippen LogP contribution in [-0.4, -0.2) is 46.6 Å². The summed E-state index contributed by atoms with van der Waals surface area (Å²) in [6.07, 6.45) is 2.78. The lowest BCUT2D eigenvalue weighted by molar-refractivity contribution is -0.142. The minimum atomic E-state index is -1.11. The highest BCUT2D eigenvalue weighted by molar-refractivity contribution is 5.88. The predicted molar refractivity (Wildman–Crippen MR) is 99.5 cm³/mol. The second-order valence-corrected chi connectivity index (χ2v) is 6.02. The number of carbonyl (C=O) groups is 2. The third-order valence-corrected chi connectivity index (χ3v) is 4.02. The third-order valence-electron chi connectivity index (χ3n) is 4.02. The molecule has 140 valence electrons. The van der Waals surface area contributed by atoms with Gasteiger partial charge in [-0.05, 0) is 24.5 Å². The van der Waals surface area contributed by atoms with Gasteiger partial charge in [-0.3, -0.25) is 9.79 Å². The highest BCUT2D eigenvalue weighted by Gasteiger charge is 2.24. The molecule has 1 aromatic heterocycles. The number of carboxylic acid groups (broad SMARTS) is 1. The lowest BCUT2D eigenvalue weighted by Crippen LogP contribution is -2.49. The topological polar surface area (TPSA) is 173 Å². The first kappa shape index (κ1) is 19.3. The summed E-state index contributed by atoms with van der Waals surface area (Å²) in [6.45, 7) is 0.362. The Morgan fingerprint density at radius 2 is 2.00 bits per heavy atom. The number of guanidine groups is 1. The Morgan fingerprint density at radius 1 is 1.27 bits per heavy atom. The molecule has 0 aliphatic rings. The van der Waals surface area contributed by atoms with Crippen molar-refractivity contribution in [3.63, 3.8) is 0 Å². The van der Waals surface area contributed by atoms with E-state index in [-0.39, 0.29) is 12.4 Å². The fourth-order valence-electron chi connectivity index (χ4n) is 2.65. The van der Waals surface area contributed by atoms with Gasteiger partial charge in [-0.25, -0.2) is 4.79 Å². The number of carbonyl (C=O) groups excluding carboxylic acids is 1. The van der Waals surface area contributed by atoms with Crippen molar-refractivity contribution < 1.29 is 14.7 Å². The molecule has 2 atom stereocenters. The van der Waals surface area contributed by atoms with Gasteiger partial charge < -0.3 is 32.6 Å². The predicted octanol–water partition coefficient (Wildman–Crippen LogP) is -0.339. The van der Waals surface area contributed by atoms with Crippen LogP contribution in [0.1, 0.15) is 18.4 Å². The van der Waals surface area contributed by atoms with Crippen LogP contribution in [0, 0.1) is 0 Å². The Balaban J connectivity index is 1.96. The molecule has 0 aliphatic carbocycles. The molecule has 2 aromatic rings. The molecule has 0 spiro atoms. The van der Waals surface area contributed by atoms with Crippen molar-refractivity contribution in [1.82, 2.24) is 10.3 Å². The van der Waals surface area contributed by atoms with Crippen LogP contribution in [0.2, 0.25) is 0 Å². The number of carboxylic acids is 1. The fourth-order valence-corrected chi connectivity index (χ4v) is 2.65. The molecule has 0 fully saturated rings. The molecule has 1 heterocycles. The number of benzene rings is 1. The number of fused-ring (bicyclic) bond motifs is 1. The zero-order chi connectivity index (χ0) is 19.1. The summed E-state index contributed by atoms with van der Waals surface area (Å²) in [6, 6.07) is 5.68. The molecule has 26 heavy (non-hydrogen) atoms. The lowest BCUT2D eigenvalue weighted by atomic mass is 10.0. The van der Waals surface area contributed by atoms with E-state index in [0.29, 0.717) is 19.4 Å². The van der Waals surface area contributed by atoms with E-state index in [2.05, 4.69) is 15.3 Å². The summed E-state index contributed by atoms with van der Waals surface area (Å²) in [5, 5.41) is 12.9. The number of nitrogens with two attached hydrogens (primary N) is 3. The summed E-state index contributed by atoms with van der Waals surface area (Å²) < 4.78 is 0. The molecule has 2 rings (SSSR count). The molecule has 0 bridgehead atoms. The van der Waals surface area contributed by atoms with E-state index in [9.17, 15) is 14.7 Å². The Hall–Kier alpha value is -3.07. The molecule has 9 N–H and O–H groups in total. The Labute approximate surface area is 150 Å². The second-order valence-electron chi connectivity index (χ2n) is 6.02. The molecule has 9 nitrogen and oxygen atoms in total. The maximum absolute atomic E-state index is 12.2. The minimum Gasteiger partial charge on any atom is -0.480 e. The van der Waals surface area contributed by atoms with Crippen LogP contribution in [0.5, 0.6) is 0 Å². The van der Waals surface area contributed by atoms with Crippen LogP contribution in [0.4, 0.5) is 0 Å². The number of H-pyrrole nitrogens is 1. The molecular formula is C17H24N6O3. The largest absolute Gasteiger partial charge is 0.480 e. The van der Waals surface area contributed by atoms with Gasteiger partial charge in [0, 0.05) is 30.1 Å². The monoisotopic (exact) mass is 360 g/mol. The van der Waals surface area contributed by atoms with Crippen LogP contribution in [0.3, 0.4) is 0 Å². The van der Waals surface area contributed by atoms with Crippen molar-refractivity contribution in [3.8, 4) is 0 Å². The normalized spacial score (nSPS) is 13.1. The lowest BCUT2D eigenvalue weighted by Gasteiger charge is -2.17. The van der Waals surface area contributed by atoms with Crippen molar-refractivity contribution in [2.75, 3.05) is 6.54 Å². The number of aliphatic imine (C=N–C) groups is 1. The Morgan fingerprint density at radius 3 is 2.69 bits per heavy atom. The smallest absolute Gasteiger partial charge is 0.326 e. The highest BCUT2D eigenvalue weighted by Crippen LogP contribution is 2.19. The van der Waals surface area contributed by atoms with Crippen LogP contribution in [0.25, 0.3) is 10.9 Å². The highest BCUT2D eigenvalue weighted by atomic mass is 16.4. The maximum atomic E-state index is 12.2. The minimum absolute atomic E-state index is 0.0207. The summed E-state index contributed by atoms with van der Waals surface area (Å²) in [4.78, 5) is 30.6. The first-order chi connectivity index (χ1) is 12.4. The molecule has 0 saturated heterocycles. The molecule has 1 amide bonds. The number of amides is 1. The first-order valence-electron chi connectivity index (χ1n) is 8.27. The van der Waals surface area contributed by atoms with E-state index in [1.165, 1.54) is 0 Å². The number of rotatable bonds is 9. The number of para-hydroxylation sites is 1. The van der Waals surface area contributed by atoms with Crippen molar-refractivity contribution >= 4 is 28.7 Å². The van der Waals surface area contributed by atoms with Crippen molar-refractivity contribution in [3.05, 3.63) is 36.0 Å². The number of aliphatic carboxylic acids is 1. The van der Waals surface area contributed by atoms with E-state index in [0.717, 1.165) is 16.5 Å². The van der Waals surface area contributed by atoms with Crippen LogP contribution < -0.4 is 22.5 Å². The van der Waals surface area contributed by atoms with E-state index >= 15 is 0 Å². The molecule has 0 saturated carbocycles. The number of aromatic nitrogens is 1. The van der Waals surface area contributed by atoms with Gasteiger partial charge in [0.05, 0.1) is 6.04 Å². The van der Waals surface area contributed by atoms with E-state index < -0.39 is 24.0 Å². The number of hydrogen-bond donors (Lipinski definition) is 6. The average molecular weight is 360 g/mol. The number of nitrogens with one attached hydrogen (secondary N) is 2. The van der Waals surface area contributed by atoms with E-state index in [1.54, 1.807) is 6.20 Å². The van der Waals surface area contributed by atoms with Gasteiger partial charge in [-0.2, -0.15) is 0 Å². The number of aromatic amines is 1. The fraction of sp³-hybridized carbons (Fsp3) is 0.353. The summed E-state index contributed by atoms with van der Waals surface area (Å²) >= 11 is 0. The van der Waals surface area contributed by atoms with Crippen LogP contribution in [0.15, 0.2) is 35.5 Å². The van der Waals surface area contributed by atoms with E-state index in [1.807, 2.05) is 24.3 Å². The summed E-state index contributed by atoms with van der Waals surface area (Å²) in [7, 11) is 0. The standard InChI is InChI=1S/C17H24N6O3/c18-12(5-3-7-21-17(19)20)15(24)23-14(16(25)26)8-10-9-22-13-6-2-1-4-11(10)13/h1-2,4,6,9,12,14,22H,3,5,7-8,18H2,(H,23,24)(H,25,26)(H4,19,20,21). The van der Waals surface area contributed by atoms with E-state index in [4.69, 9.17) is 17.2 Å². The number of hydrogen-bond acceptors (Lipinski definition) is 4. The van der Waals surface area contributed by atoms with Gasteiger partial charge in [0.15, 0.2) is 5.96 Å². The summed E-state index contributed by atoms with van der Waals surface area (Å²) in [5.41, 5.74) is 18.0. The zero-order valence-corrected chi connectivity index (χ0v) is 14.3. The summed E-state index contributed by atoms with van der Waals surface area (Å²) in [5.74, 6) is -1.65. The number of nitrogens with zero attached hydrogens (tertiary/aromatic N) is 1. The third kappa shape index (κ3) is 5.21.